The standard InChI is InChI=1S/C24H29F3N4/c1-5-30(4)18(3)20-6-7-21-16-28-23(15-22(21)14-20)29-17(2)19-8-11-31(12-9-19)13-10-24(25,26)27/h5-7,14-16,19H,1-3,8-13H2,4H3,(H,28,29). The molecule has 2 aromatic rings. The number of hydrogen-bond acceptors (Lipinski definition) is 4. The lowest BCUT2D eigenvalue weighted by atomic mass is 9.94. The maximum absolute atomic E-state index is 12.4. The number of piperidine rings is 1. The molecule has 1 aliphatic rings. The molecule has 3 rings (SSSR count). The number of aromatic nitrogens is 1. The number of alkyl halides is 3. The summed E-state index contributed by atoms with van der Waals surface area (Å²) in [5.41, 5.74) is 2.70. The maximum atomic E-state index is 12.4. The van der Waals surface area contributed by atoms with Gasteiger partial charge in [0.25, 0.3) is 0 Å². The van der Waals surface area contributed by atoms with E-state index < -0.39 is 12.6 Å². The normalized spacial score (nSPS) is 15.6. The van der Waals surface area contributed by atoms with Crippen LogP contribution in [0.25, 0.3) is 16.5 Å². The molecular weight excluding hydrogens is 401 g/mol. The van der Waals surface area contributed by atoms with E-state index in [1.165, 1.54) is 0 Å². The third-order valence-corrected chi connectivity index (χ3v) is 5.84. The van der Waals surface area contributed by atoms with Crippen LogP contribution in [-0.4, -0.2) is 47.6 Å². The highest BCUT2D eigenvalue weighted by atomic mass is 19.4. The number of nitrogens with one attached hydrogen (secondary N) is 1. The Morgan fingerprint density at radius 2 is 1.94 bits per heavy atom. The van der Waals surface area contributed by atoms with E-state index >= 15 is 0 Å². The van der Waals surface area contributed by atoms with Crippen molar-refractivity contribution in [2.45, 2.75) is 25.4 Å². The fourth-order valence-corrected chi connectivity index (χ4v) is 3.76. The monoisotopic (exact) mass is 430 g/mol. The van der Waals surface area contributed by atoms with Crippen molar-refractivity contribution < 1.29 is 13.2 Å². The van der Waals surface area contributed by atoms with Gasteiger partial charge in [0.2, 0.25) is 0 Å². The number of likely N-dealkylation sites (tertiary alicyclic amines) is 1. The van der Waals surface area contributed by atoms with Crippen molar-refractivity contribution in [2.24, 2.45) is 5.92 Å². The summed E-state index contributed by atoms with van der Waals surface area (Å²) in [6, 6.07) is 8.05. The minimum Gasteiger partial charge on any atom is -0.352 e. The smallest absolute Gasteiger partial charge is 0.352 e. The molecule has 0 unspecified atom stereocenters. The molecule has 0 aliphatic carbocycles. The molecule has 166 valence electrons. The number of benzene rings is 1. The van der Waals surface area contributed by atoms with Crippen LogP contribution in [0.5, 0.6) is 0 Å². The fraction of sp³-hybridized carbons (Fsp3) is 0.375. The van der Waals surface area contributed by atoms with Crippen LogP contribution in [0.4, 0.5) is 19.0 Å². The van der Waals surface area contributed by atoms with Crippen LogP contribution in [0.15, 0.2) is 62.1 Å². The molecule has 1 N–H and O–H groups in total. The molecule has 1 aromatic carbocycles. The maximum Gasteiger partial charge on any atom is 0.390 e. The third-order valence-electron chi connectivity index (χ3n) is 5.84. The zero-order valence-corrected chi connectivity index (χ0v) is 17.9. The van der Waals surface area contributed by atoms with Crippen molar-refractivity contribution in [2.75, 3.05) is 32.0 Å². The zero-order valence-electron chi connectivity index (χ0n) is 17.9. The highest BCUT2D eigenvalue weighted by Crippen LogP contribution is 2.28. The van der Waals surface area contributed by atoms with E-state index in [9.17, 15) is 13.2 Å². The van der Waals surface area contributed by atoms with Crippen molar-refractivity contribution in [3.63, 3.8) is 0 Å². The fourth-order valence-electron chi connectivity index (χ4n) is 3.76. The van der Waals surface area contributed by atoms with Crippen LogP contribution in [0.2, 0.25) is 0 Å². The van der Waals surface area contributed by atoms with Crippen LogP contribution >= 0.6 is 0 Å². The average molecular weight is 431 g/mol. The molecule has 1 fully saturated rings. The molecule has 0 bridgehead atoms. The summed E-state index contributed by atoms with van der Waals surface area (Å²) in [5, 5.41) is 5.36. The van der Waals surface area contributed by atoms with Gasteiger partial charge in [-0.1, -0.05) is 31.9 Å². The number of allylic oxidation sites excluding steroid dienone is 1. The molecule has 2 heterocycles. The van der Waals surface area contributed by atoms with Crippen molar-refractivity contribution in [3.05, 3.63) is 67.7 Å². The minimum absolute atomic E-state index is 0.0665. The van der Waals surface area contributed by atoms with Gasteiger partial charge in [-0.3, -0.25) is 0 Å². The lowest BCUT2D eigenvalue weighted by Gasteiger charge is -2.33. The van der Waals surface area contributed by atoms with Gasteiger partial charge in [-0.25, -0.2) is 4.98 Å². The third kappa shape index (κ3) is 6.10. The Morgan fingerprint density at radius 1 is 1.23 bits per heavy atom. The molecule has 4 nitrogen and oxygen atoms in total. The molecule has 0 radical (unpaired) electrons. The number of fused-ring (bicyclic) bond motifs is 1. The van der Waals surface area contributed by atoms with Gasteiger partial charge < -0.3 is 15.1 Å². The van der Waals surface area contributed by atoms with E-state index in [4.69, 9.17) is 0 Å². The van der Waals surface area contributed by atoms with Crippen LogP contribution in [-0.2, 0) is 0 Å². The van der Waals surface area contributed by atoms with E-state index in [1.807, 2.05) is 41.2 Å². The summed E-state index contributed by atoms with van der Waals surface area (Å²) in [7, 11) is 1.90. The first-order valence-electron chi connectivity index (χ1n) is 10.4. The first kappa shape index (κ1) is 22.9. The molecule has 0 saturated carbocycles. The molecular formula is C24H29F3N4. The van der Waals surface area contributed by atoms with E-state index in [0.29, 0.717) is 18.9 Å². The predicted molar refractivity (Wildman–Crippen MR) is 121 cm³/mol. The Morgan fingerprint density at radius 3 is 2.58 bits per heavy atom. The van der Waals surface area contributed by atoms with Crippen molar-refractivity contribution in [1.29, 1.82) is 0 Å². The quantitative estimate of drug-likeness (QED) is 0.568. The van der Waals surface area contributed by atoms with Crippen molar-refractivity contribution >= 4 is 22.3 Å². The summed E-state index contributed by atoms with van der Waals surface area (Å²) in [5.74, 6) is 0.920. The SMILES string of the molecule is C=CN(C)C(=C)c1ccc2cnc(NC(=C)C3CCN(CCC(F)(F)F)CC3)cc2c1. The Labute approximate surface area is 181 Å². The van der Waals surface area contributed by atoms with Gasteiger partial charge in [-0.05, 0) is 55.2 Å². The number of hydrogen-bond donors (Lipinski definition) is 1. The van der Waals surface area contributed by atoms with E-state index in [-0.39, 0.29) is 12.5 Å². The second-order valence-electron chi connectivity index (χ2n) is 8.00. The van der Waals surface area contributed by atoms with Gasteiger partial charge in [0.15, 0.2) is 0 Å². The summed E-state index contributed by atoms with van der Waals surface area (Å²) in [6.07, 6.45) is 0.245. The Bertz CT molecular complexity index is 959. The van der Waals surface area contributed by atoms with Gasteiger partial charge in [0, 0.05) is 42.5 Å². The van der Waals surface area contributed by atoms with Crippen molar-refractivity contribution in [1.82, 2.24) is 14.8 Å². The second kappa shape index (κ2) is 9.56. The highest BCUT2D eigenvalue weighted by Gasteiger charge is 2.29. The number of anilines is 1. The minimum atomic E-state index is -4.10. The lowest BCUT2D eigenvalue weighted by Crippen LogP contribution is -2.37. The van der Waals surface area contributed by atoms with Gasteiger partial charge in [-0.2, -0.15) is 13.2 Å². The molecule has 1 aromatic heterocycles. The highest BCUT2D eigenvalue weighted by molar-refractivity contribution is 5.87. The first-order chi connectivity index (χ1) is 14.7. The van der Waals surface area contributed by atoms with E-state index in [2.05, 4.69) is 36.1 Å². The van der Waals surface area contributed by atoms with Gasteiger partial charge in [-0.15, -0.1) is 0 Å². The van der Waals surface area contributed by atoms with Crippen LogP contribution < -0.4 is 5.32 Å². The second-order valence-corrected chi connectivity index (χ2v) is 8.00. The summed E-state index contributed by atoms with van der Waals surface area (Å²) in [4.78, 5) is 8.22. The van der Waals surface area contributed by atoms with Gasteiger partial charge >= 0.3 is 6.18 Å². The number of nitrogens with zero attached hydrogens (tertiary/aromatic N) is 3. The van der Waals surface area contributed by atoms with Crippen LogP contribution in [0.1, 0.15) is 24.8 Å². The summed E-state index contributed by atoms with van der Waals surface area (Å²) in [6.45, 7) is 13.4. The summed E-state index contributed by atoms with van der Waals surface area (Å²) < 4.78 is 37.3. The topological polar surface area (TPSA) is 31.4 Å². The number of pyridine rings is 1. The Balaban J connectivity index is 1.61. The molecule has 0 spiro atoms. The molecule has 7 heteroatoms. The van der Waals surface area contributed by atoms with E-state index in [0.717, 1.165) is 40.6 Å². The van der Waals surface area contributed by atoms with Crippen molar-refractivity contribution in [3.8, 4) is 0 Å². The predicted octanol–water partition coefficient (Wildman–Crippen LogP) is 5.87. The summed E-state index contributed by atoms with van der Waals surface area (Å²) >= 11 is 0. The zero-order chi connectivity index (χ0) is 22.6. The lowest BCUT2D eigenvalue weighted by molar-refractivity contribution is -0.138. The number of rotatable bonds is 8. The van der Waals surface area contributed by atoms with Gasteiger partial charge in [0.05, 0.1) is 6.42 Å². The number of halogens is 3. The Kier molecular flexibility index (Phi) is 7.05. The average Bonchev–Trinajstić information content (AvgIpc) is 2.76. The van der Waals surface area contributed by atoms with E-state index in [1.54, 1.807) is 6.20 Å². The molecule has 1 aliphatic heterocycles. The first-order valence-corrected chi connectivity index (χ1v) is 10.4. The molecule has 31 heavy (non-hydrogen) atoms. The molecule has 0 amide bonds. The molecule has 0 atom stereocenters. The molecule has 1 saturated heterocycles. The van der Waals surface area contributed by atoms with Crippen LogP contribution in [0.3, 0.4) is 0 Å². The largest absolute Gasteiger partial charge is 0.390 e. The van der Waals surface area contributed by atoms with Crippen LogP contribution in [0, 0.1) is 5.92 Å². The van der Waals surface area contributed by atoms with Gasteiger partial charge in [0.1, 0.15) is 5.82 Å². The Hall–Kier alpha value is -2.80.